The molecular weight excluding hydrogens is 335 g/mol. The summed E-state index contributed by atoms with van der Waals surface area (Å²) in [6, 6.07) is 14.6. The number of carbonyl (C=O) groups is 1. The third-order valence-corrected chi connectivity index (χ3v) is 3.43. The van der Waals surface area contributed by atoms with E-state index in [1.807, 2.05) is 51.1 Å². The Morgan fingerprint density at radius 1 is 1.00 bits per heavy atom. The van der Waals surface area contributed by atoms with Gasteiger partial charge in [-0.3, -0.25) is 9.59 Å². The van der Waals surface area contributed by atoms with E-state index in [4.69, 9.17) is 0 Å². The summed E-state index contributed by atoms with van der Waals surface area (Å²) < 4.78 is 0. The van der Waals surface area contributed by atoms with E-state index < -0.39 is 5.91 Å². The molecule has 1 amide bonds. The molecule has 0 aliphatic rings. The van der Waals surface area contributed by atoms with Crippen LogP contribution in [-0.2, 0) is 0 Å². The van der Waals surface area contributed by atoms with Crippen LogP contribution >= 0.6 is 0 Å². The highest BCUT2D eigenvalue weighted by Crippen LogP contribution is 2.14. The first-order valence-electron chi connectivity index (χ1n) is 9.05. The number of carbonyl (C=O) groups excluding carboxylic acids is 1. The van der Waals surface area contributed by atoms with Crippen molar-refractivity contribution in [2.45, 2.75) is 41.0 Å². The molecule has 0 aliphatic heterocycles. The number of aryl methyl sites for hydroxylation is 1. The first-order chi connectivity index (χ1) is 12.6. The second kappa shape index (κ2) is 12.5. The number of aromatic nitrogens is 1. The van der Waals surface area contributed by atoms with Gasteiger partial charge in [-0.05, 0) is 30.7 Å². The second-order valence-corrected chi connectivity index (χ2v) is 5.55. The summed E-state index contributed by atoms with van der Waals surface area (Å²) in [5.41, 5.74) is 2.21. The standard InChI is InChI=1S/C17H14N2O2.C3H8.C2H6.B/c1-11-6-2-4-8-14(11)19-17(21)13-10-18-15-9-5-3-7-12(15)16(13)20;1-3-2;1-2;/h2-10H,1H3,(H,18,20)(H,19,21);3H2,1-2H3;1-2H3;. The molecule has 0 unspecified atom stereocenters. The van der Waals surface area contributed by atoms with Crippen LogP contribution in [0.4, 0.5) is 5.69 Å². The van der Waals surface area contributed by atoms with Gasteiger partial charge < -0.3 is 10.3 Å². The van der Waals surface area contributed by atoms with E-state index in [1.165, 1.54) is 12.6 Å². The fourth-order valence-corrected chi connectivity index (χ4v) is 2.24. The lowest BCUT2D eigenvalue weighted by atomic mass is 10.1. The van der Waals surface area contributed by atoms with Gasteiger partial charge in [0.2, 0.25) is 5.43 Å². The molecule has 0 fully saturated rings. The molecule has 0 saturated heterocycles. The van der Waals surface area contributed by atoms with Crippen molar-refractivity contribution < 1.29 is 4.79 Å². The zero-order valence-corrected chi connectivity index (χ0v) is 16.8. The summed E-state index contributed by atoms with van der Waals surface area (Å²) in [6.07, 6.45) is 2.71. The maximum Gasteiger partial charge on any atom is 0.261 e. The fourth-order valence-electron chi connectivity index (χ4n) is 2.24. The third kappa shape index (κ3) is 6.44. The molecule has 141 valence electrons. The van der Waals surface area contributed by atoms with Crippen LogP contribution in [-0.4, -0.2) is 19.3 Å². The summed E-state index contributed by atoms with van der Waals surface area (Å²) in [6.45, 7) is 10.2. The number of para-hydroxylation sites is 2. The number of fused-ring (bicyclic) bond motifs is 1. The van der Waals surface area contributed by atoms with Gasteiger partial charge in [0.25, 0.3) is 5.91 Å². The molecule has 0 saturated carbocycles. The summed E-state index contributed by atoms with van der Waals surface area (Å²) >= 11 is 0. The first-order valence-corrected chi connectivity index (χ1v) is 9.05. The number of hydrogen-bond acceptors (Lipinski definition) is 2. The smallest absolute Gasteiger partial charge is 0.261 e. The Balaban J connectivity index is 0.00000103. The summed E-state index contributed by atoms with van der Waals surface area (Å²) in [7, 11) is 0. The SMILES string of the molecule is CC.CCC.Cc1ccccc1NC(=O)c1c[nH]c2ccccc2c1=O.[B]. The van der Waals surface area contributed by atoms with Crippen LogP contribution in [0.25, 0.3) is 10.9 Å². The Kier molecular flexibility index (Phi) is 11.2. The molecule has 0 spiro atoms. The minimum atomic E-state index is -0.406. The zero-order valence-electron chi connectivity index (χ0n) is 16.8. The predicted octanol–water partition coefficient (Wildman–Crippen LogP) is 5.15. The van der Waals surface area contributed by atoms with Crippen LogP contribution in [0.5, 0.6) is 0 Å². The number of pyridine rings is 1. The maximum absolute atomic E-state index is 12.4. The quantitative estimate of drug-likeness (QED) is 0.619. The van der Waals surface area contributed by atoms with Crippen molar-refractivity contribution in [3.63, 3.8) is 0 Å². The first kappa shape index (κ1) is 24.2. The highest BCUT2D eigenvalue weighted by atomic mass is 16.2. The van der Waals surface area contributed by atoms with Gasteiger partial charge in [0.05, 0.1) is 0 Å². The average Bonchev–Trinajstić information content (AvgIpc) is 2.66. The minimum Gasteiger partial charge on any atom is -0.360 e. The van der Waals surface area contributed by atoms with Crippen molar-refractivity contribution >= 4 is 30.9 Å². The monoisotopic (exact) mass is 363 g/mol. The van der Waals surface area contributed by atoms with Crippen molar-refractivity contribution in [2.75, 3.05) is 5.32 Å². The van der Waals surface area contributed by atoms with E-state index >= 15 is 0 Å². The molecule has 3 rings (SSSR count). The van der Waals surface area contributed by atoms with Gasteiger partial charge in [-0.15, -0.1) is 0 Å². The van der Waals surface area contributed by atoms with Gasteiger partial charge >= 0.3 is 0 Å². The van der Waals surface area contributed by atoms with Crippen LogP contribution in [0, 0.1) is 6.92 Å². The lowest BCUT2D eigenvalue weighted by Gasteiger charge is -2.08. The average molecular weight is 363 g/mol. The van der Waals surface area contributed by atoms with E-state index in [9.17, 15) is 9.59 Å². The Bertz CT molecular complexity index is 904. The normalized spacial score (nSPS) is 9.07. The van der Waals surface area contributed by atoms with Crippen molar-refractivity contribution in [1.29, 1.82) is 0 Å². The molecule has 4 nitrogen and oxygen atoms in total. The lowest BCUT2D eigenvalue weighted by molar-refractivity contribution is 0.102. The number of rotatable bonds is 2. The van der Waals surface area contributed by atoms with Crippen molar-refractivity contribution in [2.24, 2.45) is 0 Å². The number of benzene rings is 2. The molecule has 27 heavy (non-hydrogen) atoms. The molecule has 0 bridgehead atoms. The molecule has 2 N–H and O–H groups in total. The third-order valence-electron chi connectivity index (χ3n) is 3.43. The number of hydrogen-bond donors (Lipinski definition) is 2. The highest BCUT2D eigenvalue weighted by Gasteiger charge is 2.13. The van der Waals surface area contributed by atoms with Crippen LogP contribution in [0.2, 0.25) is 0 Å². The molecule has 1 aromatic heterocycles. The van der Waals surface area contributed by atoms with Gasteiger partial charge in [0.15, 0.2) is 0 Å². The molecule has 0 atom stereocenters. The topological polar surface area (TPSA) is 62.0 Å². The molecule has 5 heteroatoms. The largest absolute Gasteiger partial charge is 0.360 e. The van der Waals surface area contributed by atoms with Crippen LogP contribution in [0.3, 0.4) is 0 Å². The van der Waals surface area contributed by atoms with E-state index in [1.54, 1.807) is 18.2 Å². The second-order valence-electron chi connectivity index (χ2n) is 5.55. The van der Waals surface area contributed by atoms with E-state index in [-0.39, 0.29) is 19.4 Å². The molecule has 2 aromatic carbocycles. The van der Waals surface area contributed by atoms with Crippen LogP contribution in [0.1, 0.15) is 50.0 Å². The van der Waals surface area contributed by atoms with Crippen LogP contribution < -0.4 is 10.7 Å². The lowest BCUT2D eigenvalue weighted by Crippen LogP contribution is -2.22. The summed E-state index contributed by atoms with van der Waals surface area (Å²) in [5, 5.41) is 3.28. The van der Waals surface area contributed by atoms with E-state index in [0.29, 0.717) is 11.1 Å². The summed E-state index contributed by atoms with van der Waals surface area (Å²) in [5.74, 6) is -0.406. The zero-order chi connectivity index (χ0) is 19.5. The Labute approximate surface area is 163 Å². The van der Waals surface area contributed by atoms with Gasteiger partial charge in [-0.25, -0.2) is 0 Å². The molecular formula is C22H28BN2O2. The fraction of sp³-hybridized carbons (Fsp3) is 0.273. The number of anilines is 1. The van der Waals surface area contributed by atoms with Gasteiger partial charge in [-0.1, -0.05) is 64.4 Å². The van der Waals surface area contributed by atoms with Crippen LogP contribution in [0.15, 0.2) is 59.5 Å². The molecule has 0 aliphatic carbocycles. The molecule has 1 heterocycles. The van der Waals surface area contributed by atoms with Crippen molar-refractivity contribution in [3.8, 4) is 0 Å². The highest BCUT2D eigenvalue weighted by molar-refractivity contribution is 6.05. The number of H-pyrrole nitrogens is 1. The molecule has 3 aromatic rings. The molecule has 3 radical (unpaired) electrons. The Morgan fingerprint density at radius 2 is 1.56 bits per heavy atom. The Hall–Kier alpha value is -2.82. The number of aromatic amines is 1. The maximum atomic E-state index is 12.4. The predicted molar refractivity (Wildman–Crippen MR) is 117 cm³/mol. The number of nitrogens with one attached hydrogen (secondary N) is 2. The van der Waals surface area contributed by atoms with Gasteiger partial charge in [0.1, 0.15) is 5.56 Å². The summed E-state index contributed by atoms with van der Waals surface area (Å²) in [4.78, 5) is 27.6. The van der Waals surface area contributed by atoms with Gasteiger partial charge in [0, 0.05) is 31.2 Å². The number of amides is 1. The van der Waals surface area contributed by atoms with E-state index in [0.717, 1.165) is 11.1 Å². The Morgan fingerprint density at radius 3 is 2.19 bits per heavy atom. The van der Waals surface area contributed by atoms with Crippen molar-refractivity contribution in [3.05, 3.63) is 76.1 Å². The van der Waals surface area contributed by atoms with E-state index in [2.05, 4.69) is 24.1 Å². The van der Waals surface area contributed by atoms with Gasteiger partial charge in [-0.2, -0.15) is 0 Å². The minimum absolute atomic E-state index is 0. The van der Waals surface area contributed by atoms with Crippen molar-refractivity contribution in [1.82, 2.24) is 4.98 Å².